The highest BCUT2D eigenvalue weighted by atomic mass is 35.5. The highest BCUT2D eigenvalue weighted by Gasteiger charge is 2.09. The topological polar surface area (TPSA) is 71.9 Å². The third-order valence-electron chi connectivity index (χ3n) is 2.71. The van der Waals surface area contributed by atoms with Crippen LogP contribution in [-0.4, -0.2) is 10.5 Å². The summed E-state index contributed by atoms with van der Waals surface area (Å²) in [5.74, 6) is -1.22. The summed E-state index contributed by atoms with van der Waals surface area (Å²) >= 11 is 5.70. The Morgan fingerprint density at radius 3 is 2.79 bits per heavy atom. The molecule has 0 spiro atoms. The molecule has 2 aromatic rings. The average molecular weight is 280 g/mol. The molecule has 0 radical (unpaired) electrons. The van der Waals surface area contributed by atoms with Crippen molar-refractivity contribution in [2.45, 2.75) is 6.54 Å². The monoisotopic (exact) mass is 279 g/mol. The van der Waals surface area contributed by atoms with Crippen LogP contribution in [-0.2, 0) is 6.54 Å². The zero-order chi connectivity index (χ0) is 14.0. The first kappa shape index (κ1) is 13.3. The number of amides is 1. The Balaban J connectivity index is 2.45. The van der Waals surface area contributed by atoms with Gasteiger partial charge in [0.15, 0.2) is 0 Å². The van der Waals surface area contributed by atoms with Gasteiger partial charge in [-0.3, -0.25) is 10.2 Å². The van der Waals surface area contributed by atoms with Gasteiger partial charge < -0.3 is 10.3 Å². The second-order valence-corrected chi connectivity index (χ2v) is 4.38. The lowest BCUT2D eigenvalue weighted by Gasteiger charge is -2.10. The minimum absolute atomic E-state index is 0.0238. The van der Waals surface area contributed by atoms with Crippen LogP contribution in [0.2, 0.25) is 5.02 Å². The van der Waals surface area contributed by atoms with Gasteiger partial charge in [-0.15, -0.1) is 0 Å². The van der Waals surface area contributed by atoms with Gasteiger partial charge in [-0.1, -0.05) is 23.7 Å². The number of nitrogens with two attached hydrogens (primary N) is 1. The molecule has 4 nitrogen and oxygen atoms in total. The molecular weight excluding hydrogens is 269 g/mol. The van der Waals surface area contributed by atoms with E-state index >= 15 is 0 Å². The summed E-state index contributed by atoms with van der Waals surface area (Å²) in [6.45, 7) is 0.104. The number of pyridine rings is 1. The van der Waals surface area contributed by atoms with Crippen LogP contribution in [0.4, 0.5) is 4.39 Å². The highest BCUT2D eigenvalue weighted by molar-refractivity contribution is 6.30. The first-order valence-corrected chi connectivity index (χ1v) is 5.85. The third-order valence-corrected chi connectivity index (χ3v) is 3.00. The Morgan fingerprint density at radius 2 is 2.11 bits per heavy atom. The average Bonchev–Trinajstić information content (AvgIpc) is 2.37. The molecule has 1 aromatic carbocycles. The summed E-state index contributed by atoms with van der Waals surface area (Å²) in [6, 6.07) is 7.69. The molecule has 1 amide bonds. The standard InChI is InChI=1S/C13H11ClFN3O/c14-10-5-1-3-8(11(10)15)7-18-6-2-4-9(12(18)16)13(17)19/h1-6,16H,7H2,(H2,17,19). The summed E-state index contributed by atoms with van der Waals surface area (Å²) in [5.41, 5.74) is 5.53. The molecule has 2 rings (SSSR count). The molecule has 0 saturated carbocycles. The van der Waals surface area contributed by atoms with Gasteiger partial charge in [0.05, 0.1) is 17.1 Å². The molecule has 98 valence electrons. The van der Waals surface area contributed by atoms with Gasteiger partial charge in [-0.2, -0.15) is 0 Å². The van der Waals surface area contributed by atoms with Crippen LogP contribution in [0.5, 0.6) is 0 Å². The van der Waals surface area contributed by atoms with Crippen LogP contribution in [0.25, 0.3) is 0 Å². The fourth-order valence-corrected chi connectivity index (χ4v) is 1.93. The van der Waals surface area contributed by atoms with E-state index in [1.807, 2.05) is 0 Å². The summed E-state index contributed by atoms with van der Waals surface area (Å²) in [6.07, 6.45) is 1.58. The van der Waals surface area contributed by atoms with Gasteiger partial charge in [0.2, 0.25) is 0 Å². The molecule has 6 heteroatoms. The Labute approximate surface area is 113 Å². The number of aromatic nitrogens is 1. The van der Waals surface area contributed by atoms with E-state index in [4.69, 9.17) is 22.7 Å². The van der Waals surface area contributed by atoms with Crippen LogP contribution < -0.4 is 11.2 Å². The van der Waals surface area contributed by atoms with E-state index in [0.717, 1.165) is 0 Å². The van der Waals surface area contributed by atoms with Crippen LogP contribution in [0.15, 0.2) is 36.5 Å². The van der Waals surface area contributed by atoms with Gasteiger partial charge >= 0.3 is 0 Å². The van der Waals surface area contributed by atoms with Crippen molar-refractivity contribution in [1.82, 2.24) is 4.57 Å². The molecule has 1 heterocycles. The predicted molar refractivity (Wildman–Crippen MR) is 69.3 cm³/mol. The van der Waals surface area contributed by atoms with Crippen molar-refractivity contribution in [1.29, 1.82) is 5.41 Å². The lowest BCUT2D eigenvalue weighted by molar-refractivity contribution is 0.0998. The van der Waals surface area contributed by atoms with E-state index in [0.29, 0.717) is 5.56 Å². The second kappa shape index (κ2) is 5.24. The van der Waals surface area contributed by atoms with Crippen molar-refractivity contribution in [2.75, 3.05) is 0 Å². The molecule has 19 heavy (non-hydrogen) atoms. The highest BCUT2D eigenvalue weighted by Crippen LogP contribution is 2.18. The second-order valence-electron chi connectivity index (χ2n) is 3.98. The van der Waals surface area contributed by atoms with E-state index < -0.39 is 11.7 Å². The number of halogens is 2. The van der Waals surface area contributed by atoms with E-state index in [1.165, 1.54) is 16.7 Å². The van der Waals surface area contributed by atoms with Gasteiger partial charge in [0.1, 0.15) is 11.3 Å². The number of benzene rings is 1. The maximum atomic E-state index is 13.8. The fraction of sp³-hybridized carbons (Fsp3) is 0.0769. The molecule has 0 bridgehead atoms. The lowest BCUT2D eigenvalue weighted by Crippen LogP contribution is -2.29. The SMILES string of the molecule is N=c1c(C(N)=O)cccn1Cc1cccc(Cl)c1F. The number of nitrogens with one attached hydrogen (secondary N) is 1. The lowest BCUT2D eigenvalue weighted by atomic mass is 10.2. The zero-order valence-electron chi connectivity index (χ0n) is 9.86. The Bertz CT molecular complexity index is 697. The zero-order valence-corrected chi connectivity index (χ0v) is 10.6. The number of hydrogen-bond acceptors (Lipinski definition) is 2. The van der Waals surface area contributed by atoms with E-state index in [1.54, 1.807) is 24.4 Å². The summed E-state index contributed by atoms with van der Waals surface area (Å²) in [4.78, 5) is 11.1. The Kier molecular flexibility index (Phi) is 3.66. The third kappa shape index (κ3) is 2.66. The predicted octanol–water partition coefficient (Wildman–Crippen LogP) is 1.91. The first-order chi connectivity index (χ1) is 9.00. The van der Waals surface area contributed by atoms with Crippen molar-refractivity contribution in [3.63, 3.8) is 0 Å². The molecule has 0 atom stereocenters. The maximum Gasteiger partial charge on any atom is 0.252 e. The largest absolute Gasteiger partial charge is 0.365 e. The number of rotatable bonds is 3. The summed E-state index contributed by atoms with van der Waals surface area (Å²) in [5, 5.41) is 7.88. The first-order valence-electron chi connectivity index (χ1n) is 5.47. The normalized spacial score (nSPS) is 10.4. The van der Waals surface area contributed by atoms with Crippen molar-refractivity contribution in [2.24, 2.45) is 5.73 Å². The minimum Gasteiger partial charge on any atom is -0.365 e. The van der Waals surface area contributed by atoms with Crippen LogP contribution in [0, 0.1) is 11.2 Å². The molecule has 1 aromatic heterocycles. The quantitative estimate of drug-likeness (QED) is 0.885. The van der Waals surface area contributed by atoms with E-state index in [-0.39, 0.29) is 22.6 Å². The molecule has 3 N–H and O–H groups in total. The summed E-state index contributed by atoms with van der Waals surface area (Å²) < 4.78 is 15.2. The molecule has 0 fully saturated rings. The van der Waals surface area contributed by atoms with Crippen molar-refractivity contribution in [3.05, 3.63) is 64.0 Å². The number of primary amides is 1. The maximum absolute atomic E-state index is 13.8. The van der Waals surface area contributed by atoms with Gasteiger partial charge in [-0.25, -0.2) is 4.39 Å². The molecule has 0 saturated heterocycles. The van der Waals surface area contributed by atoms with Gasteiger partial charge in [-0.05, 0) is 18.2 Å². The van der Waals surface area contributed by atoms with E-state index in [9.17, 15) is 9.18 Å². The fourth-order valence-electron chi connectivity index (χ4n) is 1.74. The molecule has 0 aliphatic rings. The molecule has 0 aliphatic carbocycles. The van der Waals surface area contributed by atoms with Gasteiger partial charge in [0.25, 0.3) is 5.91 Å². The van der Waals surface area contributed by atoms with Crippen LogP contribution in [0.1, 0.15) is 15.9 Å². The Morgan fingerprint density at radius 1 is 1.37 bits per heavy atom. The molecular formula is C13H11ClFN3O. The van der Waals surface area contributed by atoms with Crippen molar-refractivity contribution < 1.29 is 9.18 Å². The molecule has 0 unspecified atom stereocenters. The smallest absolute Gasteiger partial charge is 0.252 e. The van der Waals surface area contributed by atoms with Crippen molar-refractivity contribution in [3.8, 4) is 0 Å². The van der Waals surface area contributed by atoms with Crippen LogP contribution >= 0.6 is 11.6 Å². The number of carbonyl (C=O) groups is 1. The number of nitrogens with zero attached hydrogens (tertiary/aromatic N) is 1. The Hall–Kier alpha value is -2.14. The number of hydrogen-bond donors (Lipinski definition) is 2. The van der Waals surface area contributed by atoms with Crippen molar-refractivity contribution >= 4 is 17.5 Å². The van der Waals surface area contributed by atoms with E-state index in [2.05, 4.69) is 0 Å². The summed E-state index contributed by atoms with van der Waals surface area (Å²) in [7, 11) is 0. The van der Waals surface area contributed by atoms with Crippen LogP contribution in [0.3, 0.4) is 0 Å². The number of carbonyl (C=O) groups excluding carboxylic acids is 1. The van der Waals surface area contributed by atoms with Gasteiger partial charge in [0, 0.05) is 11.8 Å². The minimum atomic E-state index is -0.689. The molecule has 0 aliphatic heterocycles.